The standard InChI is InChI=1S/C13H8BrF2NO2/c14-11-2-1-9(19-13(15)16)7-10(11)12(18)8-3-5-17-6-4-8/h1-7,13H. The first-order chi connectivity index (χ1) is 9.08. The van der Waals surface area contributed by atoms with Gasteiger partial charge in [-0.05, 0) is 30.3 Å². The van der Waals surface area contributed by atoms with E-state index in [1.807, 2.05) is 0 Å². The number of halogens is 3. The smallest absolute Gasteiger partial charge is 0.387 e. The summed E-state index contributed by atoms with van der Waals surface area (Å²) in [5.41, 5.74) is 0.675. The van der Waals surface area contributed by atoms with Gasteiger partial charge in [-0.25, -0.2) is 0 Å². The van der Waals surface area contributed by atoms with Crippen LogP contribution in [0.5, 0.6) is 5.75 Å². The van der Waals surface area contributed by atoms with Crippen LogP contribution in [-0.4, -0.2) is 17.4 Å². The van der Waals surface area contributed by atoms with Gasteiger partial charge in [0.05, 0.1) is 0 Å². The Labute approximate surface area is 116 Å². The summed E-state index contributed by atoms with van der Waals surface area (Å²) in [5, 5.41) is 0. The van der Waals surface area contributed by atoms with E-state index in [-0.39, 0.29) is 17.1 Å². The Bertz CT molecular complexity index is 590. The first kappa shape index (κ1) is 13.6. The molecule has 6 heteroatoms. The van der Waals surface area contributed by atoms with Crippen molar-refractivity contribution in [2.24, 2.45) is 0 Å². The third-order valence-electron chi connectivity index (χ3n) is 2.35. The number of hydrogen-bond acceptors (Lipinski definition) is 3. The van der Waals surface area contributed by atoms with Gasteiger partial charge in [-0.2, -0.15) is 8.78 Å². The predicted molar refractivity (Wildman–Crippen MR) is 68.4 cm³/mol. The van der Waals surface area contributed by atoms with E-state index in [4.69, 9.17) is 0 Å². The van der Waals surface area contributed by atoms with Gasteiger partial charge in [0, 0.05) is 28.0 Å². The maximum atomic E-state index is 12.2. The van der Waals surface area contributed by atoms with Crippen molar-refractivity contribution in [1.29, 1.82) is 0 Å². The molecule has 0 saturated carbocycles. The molecule has 0 fully saturated rings. The van der Waals surface area contributed by atoms with Crippen molar-refractivity contribution in [2.75, 3.05) is 0 Å². The Morgan fingerprint density at radius 2 is 1.89 bits per heavy atom. The van der Waals surface area contributed by atoms with Crippen LogP contribution >= 0.6 is 15.9 Å². The monoisotopic (exact) mass is 327 g/mol. The molecule has 0 bridgehead atoms. The second kappa shape index (κ2) is 5.88. The van der Waals surface area contributed by atoms with Crippen molar-refractivity contribution >= 4 is 21.7 Å². The van der Waals surface area contributed by atoms with Gasteiger partial charge in [-0.15, -0.1) is 0 Å². The lowest BCUT2D eigenvalue weighted by Gasteiger charge is -2.08. The lowest BCUT2D eigenvalue weighted by Crippen LogP contribution is -2.06. The molecule has 0 N–H and O–H groups in total. The summed E-state index contributed by atoms with van der Waals surface area (Å²) < 4.78 is 29.1. The fraction of sp³-hybridized carbons (Fsp3) is 0.0769. The van der Waals surface area contributed by atoms with Crippen LogP contribution in [0.2, 0.25) is 0 Å². The molecule has 0 saturated heterocycles. The molecule has 0 aliphatic carbocycles. The van der Waals surface area contributed by atoms with Crippen molar-refractivity contribution in [3.63, 3.8) is 0 Å². The van der Waals surface area contributed by atoms with Crippen molar-refractivity contribution < 1.29 is 18.3 Å². The first-order valence-electron chi connectivity index (χ1n) is 5.27. The van der Waals surface area contributed by atoms with Crippen molar-refractivity contribution in [3.05, 3.63) is 58.3 Å². The molecule has 1 heterocycles. The molecule has 2 rings (SSSR count). The Morgan fingerprint density at radius 1 is 1.21 bits per heavy atom. The minimum atomic E-state index is -2.93. The molecule has 2 aromatic rings. The van der Waals surface area contributed by atoms with E-state index in [9.17, 15) is 13.6 Å². The summed E-state index contributed by atoms with van der Waals surface area (Å²) in [7, 11) is 0. The Kier molecular flexibility index (Phi) is 4.21. The zero-order valence-corrected chi connectivity index (χ0v) is 11.1. The maximum absolute atomic E-state index is 12.2. The SMILES string of the molecule is O=C(c1ccncc1)c1cc(OC(F)F)ccc1Br. The molecule has 0 amide bonds. The second-order valence-electron chi connectivity index (χ2n) is 3.59. The fourth-order valence-electron chi connectivity index (χ4n) is 1.51. The summed E-state index contributed by atoms with van der Waals surface area (Å²) in [5.74, 6) is -0.357. The lowest BCUT2D eigenvalue weighted by molar-refractivity contribution is -0.0498. The number of pyridine rings is 1. The van der Waals surface area contributed by atoms with Crippen LogP contribution in [0, 0.1) is 0 Å². The van der Waals surface area contributed by atoms with E-state index in [0.29, 0.717) is 10.0 Å². The van der Waals surface area contributed by atoms with Gasteiger partial charge in [0.15, 0.2) is 5.78 Å². The largest absolute Gasteiger partial charge is 0.435 e. The van der Waals surface area contributed by atoms with E-state index in [1.165, 1.54) is 30.6 Å². The highest BCUT2D eigenvalue weighted by molar-refractivity contribution is 9.10. The molecule has 19 heavy (non-hydrogen) atoms. The average molecular weight is 328 g/mol. The van der Waals surface area contributed by atoms with Crippen molar-refractivity contribution in [2.45, 2.75) is 6.61 Å². The topological polar surface area (TPSA) is 39.2 Å². The average Bonchev–Trinajstić information content (AvgIpc) is 2.40. The molecule has 0 spiro atoms. The summed E-state index contributed by atoms with van der Waals surface area (Å²) in [4.78, 5) is 16.0. The van der Waals surface area contributed by atoms with Crippen LogP contribution in [-0.2, 0) is 0 Å². The van der Waals surface area contributed by atoms with Crippen molar-refractivity contribution in [3.8, 4) is 5.75 Å². The Morgan fingerprint density at radius 3 is 2.53 bits per heavy atom. The van der Waals surface area contributed by atoms with Crippen LogP contribution in [0.4, 0.5) is 8.78 Å². The number of aromatic nitrogens is 1. The minimum absolute atomic E-state index is 0.0596. The van der Waals surface area contributed by atoms with Gasteiger partial charge in [-0.3, -0.25) is 9.78 Å². The summed E-state index contributed by atoms with van der Waals surface area (Å²) in [6, 6.07) is 7.23. The third-order valence-corrected chi connectivity index (χ3v) is 3.04. The minimum Gasteiger partial charge on any atom is -0.435 e. The normalized spacial score (nSPS) is 10.5. The molecule has 0 atom stereocenters. The first-order valence-corrected chi connectivity index (χ1v) is 6.06. The van der Waals surface area contributed by atoms with E-state index in [0.717, 1.165) is 0 Å². The van der Waals surface area contributed by atoms with Gasteiger partial charge in [0.2, 0.25) is 0 Å². The molecule has 3 nitrogen and oxygen atoms in total. The summed E-state index contributed by atoms with van der Waals surface area (Å²) in [6.07, 6.45) is 2.97. The molecule has 1 aromatic carbocycles. The van der Waals surface area contributed by atoms with Gasteiger partial charge in [-0.1, -0.05) is 15.9 Å². The Hall–Kier alpha value is -1.82. The maximum Gasteiger partial charge on any atom is 0.387 e. The van der Waals surface area contributed by atoms with Crippen LogP contribution in [0.3, 0.4) is 0 Å². The number of carbonyl (C=O) groups excluding carboxylic acids is 1. The fourth-order valence-corrected chi connectivity index (χ4v) is 1.94. The van der Waals surface area contributed by atoms with Gasteiger partial charge < -0.3 is 4.74 Å². The summed E-state index contributed by atoms with van der Waals surface area (Å²) >= 11 is 3.22. The quantitative estimate of drug-likeness (QED) is 0.804. The number of rotatable bonds is 4. The Balaban J connectivity index is 2.36. The molecule has 1 aromatic heterocycles. The van der Waals surface area contributed by atoms with E-state index >= 15 is 0 Å². The zero-order chi connectivity index (χ0) is 13.8. The van der Waals surface area contributed by atoms with Crippen LogP contribution in [0.25, 0.3) is 0 Å². The van der Waals surface area contributed by atoms with Gasteiger partial charge in [0.1, 0.15) is 5.75 Å². The summed E-state index contributed by atoms with van der Waals surface area (Å²) in [6.45, 7) is -2.93. The molecule has 0 radical (unpaired) electrons. The van der Waals surface area contributed by atoms with E-state index in [1.54, 1.807) is 12.1 Å². The van der Waals surface area contributed by atoms with Crippen LogP contribution in [0.15, 0.2) is 47.2 Å². The molecule has 0 unspecified atom stereocenters. The van der Waals surface area contributed by atoms with E-state index in [2.05, 4.69) is 25.7 Å². The predicted octanol–water partition coefficient (Wildman–Crippen LogP) is 3.68. The number of ether oxygens (including phenoxy) is 1. The van der Waals surface area contributed by atoms with Crippen LogP contribution in [0.1, 0.15) is 15.9 Å². The number of hydrogen-bond donors (Lipinski definition) is 0. The highest BCUT2D eigenvalue weighted by atomic mass is 79.9. The highest BCUT2D eigenvalue weighted by Crippen LogP contribution is 2.25. The van der Waals surface area contributed by atoms with Crippen molar-refractivity contribution in [1.82, 2.24) is 4.98 Å². The second-order valence-corrected chi connectivity index (χ2v) is 4.44. The van der Waals surface area contributed by atoms with Gasteiger partial charge >= 0.3 is 6.61 Å². The zero-order valence-electron chi connectivity index (χ0n) is 9.52. The molecule has 0 aliphatic heterocycles. The number of alkyl halides is 2. The molecule has 98 valence electrons. The molecular weight excluding hydrogens is 320 g/mol. The highest BCUT2D eigenvalue weighted by Gasteiger charge is 2.15. The third kappa shape index (κ3) is 3.35. The molecular formula is C13H8BrF2NO2. The van der Waals surface area contributed by atoms with E-state index < -0.39 is 6.61 Å². The van der Waals surface area contributed by atoms with Gasteiger partial charge in [0.25, 0.3) is 0 Å². The number of carbonyl (C=O) groups is 1. The lowest BCUT2D eigenvalue weighted by atomic mass is 10.0. The van der Waals surface area contributed by atoms with Crippen LogP contribution < -0.4 is 4.74 Å². The number of nitrogens with zero attached hydrogens (tertiary/aromatic N) is 1. The molecule has 0 aliphatic rings. The number of benzene rings is 1. The number of ketones is 1.